The second kappa shape index (κ2) is 9.95. The monoisotopic (exact) mass is 456 g/mol. The van der Waals surface area contributed by atoms with Crippen molar-refractivity contribution in [2.24, 2.45) is 5.92 Å². The SMILES string of the molecule is CCCCc1ccc(C#CC2CCC(c3cc(F)c4c(F)c(F)c(F)cc4c3)CC2)c(F)c1. The Balaban J connectivity index is 1.45. The summed E-state index contributed by atoms with van der Waals surface area (Å²) in [5, 5.41) is -0.513. The molecule has 0 amide bonds. The Labute approximate surface area is 190 Å². The summed E-state index contributed by atoms with van der Waals surface area (Å²) in [6, 6.07) is 8.80. The first-order chi connectivity index (χ1) is 15.9. The summed E-state index contributed by atoms with van der Waals surface area (Å²) in [5.41, 5.74) is 2.02. The molecular formula is C28H25F5. The van der Waals surface area contributed by atoms with Gasteiger partial charge in [-0.1, -0.05) is 37.3 Å². The third kappa shape index (κ3) is 5.05. The Morgan fingerprint density at radius 1 is 0.818 bits per heavy atom. The van der Waals surface area contributed by atoms with Crippen LogP contribution in [0.4, 0.5) is 22.0 Å². The minimum absolute atomic E-state index is 0.0150. The van der Waals surface area contributed by atoms with Gasteiger partial charge in [-0.2, -0.15) is 0 Å². The first-order valence-electron chi connectivity index (χ1n) is 11.4. The zero-order valence-corrected chi connectivity index (χ0v) is 18.5. The standard InChI is InChI=1S/C28H25F5/c1-2-3-4-18-8-12-20(23(29)13-18)11-7-17-5-9-19(10-6-17)21-14-22-16-25(31)27(32)28(33)26(22)24(30)15-21/h8,12-17,19H,2-6,9-10H2,1H3. The van der Waals surface area contributed by atoms with Gasteiger partial charge in [0.15, 0.2) is 17.5 Å². The van der Waals surface area contributed by atoms with E-state index >= 15 is 0 Å². The second-order valence-electron chi connectivity index (χ2n) is 8.82. The highest BCUT2D eigenvalue weighted by Crippen LogP contribution is 2.38. The van der Waals surface area contributed by atoms with Gasteiger partial charge >= 0.3 is 0 Å². The maximum Gasteiger partial charge on any atom is 0.195 e. The van der Waals surface area contributed by atoms with Gasteiger partial charge in [-0.25, -0.2) is 22.0 Å². The zero-order valence-electron chi connectivity index (χ0n) is 18.5. The van der Waals surface area contributed by atoms with Crippen molar-refractivity contribution in [3.63, 3.8) is 0 Å². The van der Waals surface area contributed by atoms with Crippen LogP contribution in [0.2, 0.25) is 0 Å². The number of fused-ring (bicyclic) bond motifs is 1. The predicted molar refractivity (Wildman–Crippen MR) is 120 cm³/mol. The lowest BCUT2D eigenvalue weighted by molar-refractivity contribution is 0.384. The van der Waals surface area contributed by atoms with E-state index in [1.165, 1.54) is 12.1 Å². The van der Waals surface area contributed by atoms with Crippen molar-refractivity contribution in [1.82, 2.24) is 0 Å². The molecule has 1 fully saturated rings. The third-order valence-corrected chi connectivity index (χ3v) is 6.51. The van der Waals surface area contributed by atoms with E-state index in [1.54, 1.807) is 12.1 Å². The number of hydrogen-bond acceptors (Lipinski definition) is 0. The van der Waals surface area contributed by atoms with Crippen molar-refractivity contribution >= 4 is 10.8 Å². The molecule has 1 saturated carbocycles. The molecule has 0 bridgehead atoms. The minimum atomic E-state index is -1.67. The first kappa shape index (κ1) is 23.3. The van der Waals surface area contributed by atoms with E-state index in [-0.39, 0.29) is 23.0 Å². The van der Waals surface area contributed by atoms with Crippen LogP contribution in [0.3, 0.4) is 0 Å². The largest absolute Gasteiger partial charge is 0.206 e. The fourth-order valence-corrected chi connectivity index (χ4v) is 4.59. The van der Waals surface area contributed by atoms with E-state index < -0.39 is 28.7 Å². The molecule has 3 aromatic rings. The molecule has 0 radical (unpaired) electrons. The molecule has 0 nitrogen and oxygen atoms in total. The molecule has 0 saturated heterocycles. The zero-order chi connectivity index (χ0) is 23.5. The van der Waals surface area contributed by atoms with E-state index in [0.29, 0.717) is 11.1 Å². The molecule has 0 aliphatic heterocycles. The summed E-state index contributed by atoms with van der Waals surface area (Å²) >= 11 is 0. The van der Waals surface area contributed by atoms with Crippen LogP contribution >= 0.6 is 0 Å². The summed E-state index contributed by atoms with van der Waals surface area (Å²) in [4.78, 5) is 0. The lowest BCUT2D eigenvalue weighted by Gasteiger charge is -2.26. The Kier molecular flexibility index (Phi) is 7.02. The molecule has 1 aliphatic rings. The van der Waals surface area contributed by atoms with Crippen LogP contribution in [0.1, 0.15) is 68.1 Å². The normalized spacial score (nSPS) is 18.2. The van der Waals surface area contributed by atoms with Gasteiger partial charge in [-0.15, -0.1) is 0 Å². The molecule has 33 heavy (non-hydrogen) atoms. The molecule has 0 unspecified atom stereocenters. The van der Waals surface area contributed by atoms with Gasteiger partial charge in [0, 0.05) is 5.92 Å². The average Bonchev–Trinajstić information content (AvgIpc) is 2.80. The Morgan fingerprint density at radius 2 is 1.58 bits per heavy atom. The van der Waals surface area contributed by atoms with Crippen molar-refractivity contribution in [2.75, 3.05) is 0 Å². The Morgan fingerprint density at radius 3 is 2.27 bits per heavy atom. The van der Waals surface area contributed by atoms with Crippen molar-refractivity contribution < 1.29 is 22.0 Å². The molecular weight excluding hydrogens is 431 g/mol. The second-order valence-corrected chi connectivity index (χ2v) is 8.82. The molecule has 5 heteroatoms. The molecule has 0 spiro atoms. The lowest BCUT2D eigenvalue weighted by atomic mass is 9.78. The quantitative estimate of drug-likeness (QED) is 0.211. The minimum Gasteiger partial charge on any atom is -0.206 e. The van der Waals surface area contributed by atoms with E-state index in [4.69, 9.17) is 0 Å². The Hall–Kier alpha value is -2.87. The van der Waals surface area contributed by atoms with E-state index in [2.05, 4.69) is 18.8 Å². The first-order valence-corrected chi connectivity index (χ1v) is 11.4. The number of rotatable bonds is 4. The van der Waals surface area contributed by atoms with Gasteiger partial charge in [0.2, 0.25) is 0 Å². The molecule has 4 rings (SSSR count). The smallest absolute Gasteiger partial charge is 0.195 e. The highest BCUT2D eigenvalue weighted by atomic mass is 19.2. The van der Waals surface area contributed by atoms with E-state index in [1.807, 2.05) is 6.07 Å². The van der Waals surface area contributed by atoms with Crippen LogP contribution in [0.15, 0.2) is 36.4 Å². The molecule has 172 valence electrons. The third-order valence-electron chi connectivity index (χ3n) is 6.51. The van der Waals surface area contributed by atoms with Gasteiger partial charge < -0.3 is 0 Å². The summed E-state index contributed by atoms with van der Waals surface area (Å²) in [5.74, 6) is 0.577. The van der Waals surface area contributed by atoms with E-state index in [0.717, 1.165) is 56.6 Å². The number of unbranched alkanes of at least 4 members (excludes halogenated alkanes) is 1. The fraction of sp³-hybridized carbons (Fsp3) is 0.357. The van der Waals surface area contributed by atoms with Crippen molar-refractivity contribution in [3.8, 4) is 11.8 Å². The number of hydrogen-bond donors (Lipinski definition) is 0. The van der Waals surface area contributed by atoms with Crippen LogP contribution in [0.5, 0.6) is 0 Å². The van der Waals surface area contributed by atoms with Crippen molar-refractivity contribution in [2.45, 2.75) is 57.8 Å². The molecule has 0 atom stereocenters. The molecule has 1 aliphatic carbocycles. The number of aryl methyl sites for hydroxylation is 1. The maximum absolute atomic E-state index is 14.5. The van der Waals surface area contributed by atoms with Crippen molar-refractivity contribution in [3.05, 3.63) is 82.2 Å². The average molecular weight is 456 g/mol. The molecule has 3 aromatic carbocycles. The fourth-order valence-electron chi connectivity index (χ4n) is 4.59. The van der Waals surface area contributed by atoms with Crippen LogP contribution < -0.4 is 0 Å². The highest BCUT2D eigenvalue weighted by Gasteiger charge is 2.24. The predicted octanol–water partition coefficient (Wildman–Crippen LogP) is 8.20. The van der Waals surface area contributed by atoms with Crippen LogP contribution in [-0.4, -0.2) is 0 Å². The molecule has 0 aromatic heterocycles. The maximum atomic E-state index is 14.5. The highest BCUT2D eigenvalue weighted by molar-refractivity contribution is 5.84. The van der Waals surface area contributed by atoms with Gasteiger partial charge in [-0.05, 0) is 85.2 Å². The van der Waals surface area contributed by atoms with Crippen LogP contribution in [-0.2, 0) is 6.42 Å². The van der Waals surface area contributed by atoms with Gasteiger partial charge in [-0.3, -0.25) is 0 Å². The Bertz CT molecular complexity index is 1230. The van der Waals surface area contributed by atoms with Crippen LogP contribution in [0.25, 0.3) is 10.8 Å². The number of halogens is 5. The van der Waals surface area contributed by atoms with Crippen molar-refractivity contribution in [1.29, 1.82) is 0 Å². The van der Waals surface area contributed by atoms with E-state index in [9.17, 15) is 22.0 Å². The van der Waals surface area contributed by atoms with Gasteiger partial charge in [0.1, 0.15) is 11.6 Å². The van der Waals surface area contributed by atoms with Gasteiger partial charge in [0.05, 0.1) is 10.9 Å². The molecule has 0 heterocycles. The summed E-state index contributed by atoms with van der Waals surface area (Å²) in [7, 11) is 0. The number of benzene rings is 3. The summed E-state index contributed by atoms with van der Waals surface area (Å²) < 4.78 is 69.9. The van der Waals surface area contributed by atoms with Crippen LogP contribution in [0, 0.1) is 46.8 Å². The lowest BCUT2D eigenvalue weighted by Crippen LogP contribution is -2.12. The summed E-state index contributed by atoms with van der Waals surface area (Å²) in [6.07, 6.45) is 5.93. The topological polar surface area (TPSA) is 0 Å². The molecule has 0 N–H and O–H groups in total. The van der Waals surface area contributed by atoms with Gasteiger partial charge in [0.25, 0.3) is 0 Å². The summed E-state index contributed by atoms with van der Waals surface area (Å²) in [6.45, 7) is 2.10.